The summed E-state index contributed by atoms with van der Waals surface area (Å²) in [4.78, 5) is 3.10. The second-order valence-corrected chi connectivity index (χ2v) is 6.98. The molecular formula is C17H29ClN2O2+2. The van der Waals surface area contributed by atoms with Crippen LogP contribution in [0.2, 0.25) is 5.02 Å². The summed E-state index contributed by atoms with van der Waals surface area (Å²) in [6, 6.07) is 8.15. The van der Waals surface area contributed by atoms with Crippen LogP contribution in [0.4, 0.5) is 0 Å². The van der Waals surface area contributed by atoms with Gasteiger partial charge in [0.05, 0.1) is 12.7 Å². The summed E-state index contributed by atoms with van der Waals surface area (Å²) < 4.78 is 5.48. The molecule has 0 aromatic heterocycles. The topological polar surface area (TPSA) is 38.3 Å². The van der Waals surface area contributed by atoms with Crippen molar-refractivity contribution in [1.29, 1.82) is 0 Å². The van der Waals surface area contributed by atoms with Gasteiger partial charge in [-0.05, 0) is 26.0 Å². The average molecular weight is 329 g/mol. The minimum atomic E-state index is -0.352. The maximum absolute atomic E-state index is 10.0. The standard InChI is InChI=1S/C17H27ClN2O2/c1-14(2)22-13-17(21)12-20-9-7-19(8-10-20)11-15-3-5-16(18)6-4-15/h3-6,14,17,21H,7-13H2,1-2H3/p+2/t17-/m0/s1. The lowest BCUT2D eigenvalue weighted by Gasteiger charge is -2.31. The molecule has 1 heterocycles. The lowest BCUT2D eigenvalue weighted by Crippen LogP contribution is -3.28. The Hall–Kier alpha value is -0.650. The van der Waals surface area contributed by atoms with Crippen molar-refractivity contribution in [1.82, 2.24) is 0 Å². The smallest absolute Gasteiger partial charge is 0.127 e. The van der Waals surface area contributed by atoms with Crippen molar-refractivity contribution in [2.75, 3.05) is 39.3 Å². The molecule has 1 fully saturated rings. The minimum Gasteiger partial charge on any atom is -0.385 e. The molecule has 3 N–H and O–H groups in total. The predicted molar refractivity (Wildman–Crippen MR) is 88.5 cm³/mol. The number of rotatable bonds is 7. The number of hydrogen-bond donors (Lipinski definition) is 3. The Labute approximate surface area is 138 Å². The number of quaternary nitrogens is 2. The third kappa shape index (κ3) is 6.23. The van der Waals surface area contributed by atoms with Crippen molar-refractivity contribution < 1.29 is 19.6 Å². The summed E-state index contributed by atoms with van der Waals surface area (Å²) in [5, 5.41) is 10.8. The highest BCUT2D eigenvalue weighted by molar-refractivity contribution is 6.30. The minimum absolute atomic E-state index is 0.185. The normalized spacial score (nSPS) is 23.7. The molecule has 0 saturated carbocycles. The highest BCUT2D eigenvalue weighted by Crippen LogP contribution is 2.08. The number of hydrogen-bond acceptors (Lipinski definition) is 2. The molecule has 1 aromatic rings. The van der Waals surface area contributed by atoms with Gasteiger partial charge in [0.25, 0.3) is 0 Å². The number of nitrogens with one attached hydrogen (secondary N) is 2. The second kappa shape index (κ2) is 8.85. The van der Waals surface area contributed by atoms with Gasteiger partial charge in [-0.3, -0.25) is 0 Å². The molecule has 0 aliphatic carbocycles. The Bertz CT molecular complexity index is 431. The quantitative estimate of drug-likeness (QED) is 0.626. The van der Waals surface area contributed by atoms with Crippen LogP contribution in [-0.4, -0.2) is 56.6 Å². The maximum atomic E-state index is 10.0. The first-order valence-corrected chi connectivity index (χ1v) is 8.62. The van der Waals surface area contributed by atoms with Crippen LogP contribution in [-0.2, 0) is 11.3 Å². The fourth-order valence-corrected chi connectivity index (χ4v) is 3.05. The lowest BCUT2D eigenvalue weighted by atomic mass is 10.2. The Morgan fingerprint density at radius 3 is 2.27 bits per heavy atom. The van der Waals surface area contributed by atoms with Gasteiger partial charge < -0.3 is 19.6 Å². The van der Waals surface area contributed by atoms with Crippen LogP contribution in [0.15, 0.2) is 24.3 Å². The summed E-state index contributed by atoms with van der Waals surface area (Å²) in [5.74, 6) is 0. The molecular weight excluding hydrogens is 300 g/mol. The van der Waals surface area contributed by atoms with Gasteiger partial charge in [-0.2, -0.15) is 0 Å². The zero-order chi connectivity index (χ0) is 15.9. The SMILES string of the molecule is CC(C)OC[C@@H](O)C[NH+]1CC[NH+](Cc2ccc(Cl)cc2)CC1. The predicted octanol–water partition coefficient (Wildman–Crippen LogP) is -0.591. The van der Waals surface area contributed by atoms with Crippen LogP contribution in [0.25, 0.3) is 0 Å². The molecule has 1 aliphatic heterocycles. The fraction of sp³-hybridized carbons (Fsp3) is 0.647. The molecule has 0 amide bonds. The largest absolute Gasteiger partial charge is 0.385 e. The number of piperazine rings is 1. The molecule has 1 atom stereocenters. The first kappa shape index (κ1) is 17.7. The Kier molecular flexibility index (Phi) is 7.12. The van der Waals surface area contributed by atoms with E-state index in [1.165, 1.54) is 10.5 Å². The third-order valence-corrected chi connectivity index (χ3v) is 4.43. The van der Waals surface area contributed by atoms with Crippen molar-refractivity contribution in [2.24, 2.45) is 0 Å². The molecule has 1 saturated heterocycles. The van der Waals surface area contributed by atoms with Gasteiger partial charge in [0.2, 0.25) is 0 Å². The van der Waals surface area contributed by atoms with E-state index in [2.05, 4.69) is 12.1 Å². The van der Waals surface area contributed by atoms with E-state index in [4.69, 9.17) is 16.3 Å². The molecule has 5 heteroatoms. The van der Waals surface area contributed by atoms with Crippen molar-refractivity contribution in [3.8, 4) is 0 Å². The van der Waals surface area contributed by atoms with Crippen molar-refractivity contribution in [2.45, 2.75) is 32.6 Å². The van der Waals surface area contributed by atoms with E-state index in [0.717, 1.165) is 44.3 Å². The molecule has 0 unspecified atom stereocenters. The van der Waals surface area contributed by atoms with Crippen molar-refractivity contribution >= 4 is 11.6 Å². The van der Waals surface area contributed by atoms with E-state index < -0.39 is 0 Å². The highest BCUT2D eigenvalue weighted by atomic mass is 35.5. The highest BCUT2D eigenvalue weighted by Gasteiger charge is 2.25. The van der Waals surface area contributed by atoms with Crippen LogP contribution in [0.3, 0.4) is 0 Å². The van der Waals surface area contributed by atoms with Gasteiger partial charge in [0.1, 0.15) is 45.4 Å². The van der Waals surface area contributed by atoms with E-state index in [-0.39, 0.29) is 12.2 Å². The zero-order valence-electron chi connectivity index (χ0n) is 13.6. The first-order valence-electron chi connectivity index (χ1n) is 8.24. The van der Waals surface area contributed by atoms with Crippen LogP contribution in [0.5, 0.6) is 0 Å². The molecule has 0 spiro atoms. The van der Waals surface area contributed by atoms with Gasteiger partial charge in [-0.1, -0.05) is 23.7 Å². The van der Waals surface area contributed by atoms with E-state index in [0.29, 0.717) is 6.61 Å². The van der Waals surface area contributed by atoms with Crippen LogP contribution in [0.1, 0.15) is 19.4 Å². The molecule has 0 radical (unpaired) electrons. The Balaban J connectivity index is 1.68. The number of ether oxygens (including phenoxy) is 1. The maximum Gasteiger partial charge on any atom is 0.127 e. The third-order valence-electron chi connectivity index (χ3n) is 4.18. The Morgan fingerprint density at radius 2 is 1.68 bits per heavy atom. The number of aliphatic hydroxyl groups is 1. The molecule has 1 aromatic carbocycles. The number of benzene rings is 1. The summed E-state index contributed by atoms with van der Waals surface area (Å²) in [6.45, 7) is 10.8. The van der Waals surface area contributed by atoms with E-state index in [9.17, 15) is 5.11 Å². The van der Waals surface area contributed by atoms with Crippen LogP contribution < -0.4 is 9.80 Å². The summed E-state index contributed by atoms with van der Waals surface area (Å²) >= 11 is 5.92. The summed E-state index contributed by atoms with van der Waals surface area (Å²) in [7, 11) is 0. The van der Waals surface area contributed by atoms with E-state index in [1.807, 2.05) is 26.0 Å². The lowest BCUT2D eigenvalue weighted by molar-refractivity contribution is -1.02. The molecule has 4 nitrogen and oxygen atoms in total. The van der Waals surface area contributed by atoms with Gasteiger partial charge in [0.15, 0.2) is 0 Å². The number of aliphatic hydroxyl groups excluding tert-OH is 1. The van der Waals surface area contributed by atoms with E-state index >= 15 is 0 Å². The summed E-state index contributed by atoms with van der Waals surface area (Å²) in [5.41, 5.74) is 1.34. The molecule has 22 heavy (non-hydrogen) atoms. The first-order chi connectivity index (χ1) is 10.5. The number of halogens is 1. The molecule has 124 valence electrons. The molecule has 2 rings (SSSR count). The van der Waals surface area contributed by atoms with Gasteiger partial charge in [-0.25, -0.2) is 0 Å². The van der Waals surface area contributed by atoms with E-state index in [1.54, 1.807) is 4.90 Å². The molecule has 0 bridgehead atoms. The Morgan fingerprint density at radius 1 is 1.09 bits per heavy atom. The second-order valence-electron chi connectivity index (χ2n) is 6.54. The summed E-state index contributed by atoms with van der Waals surface area (Å²) in [6.07, 6.45) is -0.166. The zero-order valence-corrected chi connectivity index (χ0v) is 14.4. The molecule has 1 aliphatic rings. The van der Waals surface area contributed by atoms with Crippen molar-refractivity contribution in [3.05, 3.63) is 34.9 Å². The van der Waals surface area contributed by atoms with Gasteiger partial charge >= 0.3 is 0 Å². The van der Waals surface area contributed by atoms with Crippen LogP contribution >= 0.6 is 11.6 Å². The average Bonchev–Trinajstić information content (AvgIpc) is 2.49. The fourth-order valence-electron chi connectivity index (χ4n) is 2.92. The van der Waals surface area contributed by atoms with Crippen LogP contribution in [0, 0.1) is 0 Å². The van der Waals surface area contributed by atoms with Crippen molar-refractivity contribution in [3.63, 3.8) is 0 Å². The van der Waals surface area contributed by atoms with Gasteiger partial charge in [0, 0.05) is 10.6 Å². The monoisotopic (exact) mass is 328 g/mol. The van der Waals surface area contributed by atoms with Gasteiger partial charge in [-0.15, -0.1) is 0 Å².